The molecule has 0 spiro atoms. The molecule has 24 heavy (non-hydrogen) atoms. The van der Waals surface area contributed by atoms with Gasteiger partial charge in [0.15, 0.2) is 0 Å². The van der Waals surface area contributed by atoms with Gasteiger partial charge in [0.25, 0.3) is 0 Å². The highest BCUT2D eigenvalue weighted by molar-refractivity contribution is 5.82. The largest absolute Gasteiger partial charge is 0.459 e. The van der Waals surface area contributed by atoms with Crippen LogP contribution in [0.1, 0.15) is 37.7 Å². The van der Waals surface area contributed by atoms with Crippen molar-refractivity contribution >= 4 is 11.9 Å². The second-order valence-corrected chi connectivity index (χ2v) is 5.54. The third kappa shape index (κ3) is 8.93. The third-order valence-electron chi connectivity index (χ3n) is 3.61. The molecule has 1 unspecified atom stereocenters. The van der Waals surface area contributed by atoms with Gasteiger partial charge in [-0.25, -0.2) is 9.59 Å². The van der Waals surface area contributed by atoms with E-state index in [0.717, 1.165) is 44.3 Å². The van der Waals surface area contributed by atoms with E-state index in [1.54, 1.807) is 0 Å². The maximum absolute atomic E-state index is 11.3. The van der Waals surface area contributed by atoms with Crippen molar-refractivity contribution in [3.63, 3.8) is 0 Å². The van der Waals surface area contributed by atoms with Gasteiger partial charge >= 0.3 is 11.9 Å². The van der Waals surface area contributed by atoms with Crippen LogP contribution < -0.4 is 0 Å². The Morgan fingerprint density at radius 2 is 1.62 bits per heavy atom. The van der Waals surface area contributed by atoms with Crippen molar-refractivity contribution in [2.24, 2.45) is 0 Å². The van der Waals surface area contributed by atoms with Gasteiger partial charge in [0, 0.05) is 12.2 Å². The van der Waals surface area contributed by atoms with Crippen LogP contribution in [-0.2, 0) is 25.5 Å². The molecule has 1 atom stereocenters. The molecular weight excluding hydrogens is 304 g/mol. The molecule has 0 radical (unpaired) electrons. The summed E-state index contributed by atoms with van der Waals surface area (Å²) in [6.45, 7) is 6.76. The van der Waals surface area contributed by atoms with Crippen molar-refractivity contribution in [3.8, 4) is 0 Å². The second kappa shape index (κ2) is 12.1. The highest BCUT2D eigenvalue weighted by Crippen LogP contribution is 2.12. The Morgan fingerprint density at radius 3 is 2.29 bits per heavy atom. The van der Waals surface area contributed by atoms with E-state index in [4.69, 9.17) is 9.47 Å². The van der Waals surface area contributed by atoms with Gasteiger partial charge in [-0.05, 0) is 31.2 Å². The Morgan fingerprint density at radius 1 is 0.958 bits per heavy atom. The summed E-state index contributed by atoms with van der Waals surface area (Å²) in [5.74, 6) is -1.02. The molecule has 130 valence electrons. The topological polar surface area (TPSA) is 52.6 Å². The van der Waals surface area contributed by atoms with Gasteiger partial charge in [-0.1, -0.05) is 56.3 Å². The predicted octanol–water partition coefficient (Wildman–Crippen LogP) is 4.01. The summed E-state index contributed by atoms with van der Waals surface area (Å²) in [7, 11) is 0. The molecule has 0 heterocycles. The third-order valence-corrected chi connectivity index (χ3v) is 3.61. The van der Waals surface area contributed by atoms with E-state index >= 15 is 0 Å². The van der Waals surface area contributed by atoms with E-state index in [9.17, 15) is 9.59 Å². The monoisotopic (exact) mass is 330 g/mol. The summed E-state index contributed by atoms with van der Waals surface area (Å²) < 4.78 is 10.2. The highest BCUT2D eigenvalue weighted by atomic mass is 16.6. The molecule has 0 amide bonds. The number of unbranched alkanes of at least 4 members (excludes halogenated alkanes) is 3. The van der Waals surface area contributed by atoms with Crippen molar-refractivity contribution in [3.05, 3.63) is 61.2 Å². The molecule has 4 nitrogen and oxygen atoms in total. The molecule has 0 aromatic heterocycles. The number of ether oxygens (including phenoxy) is 2. The van der Waals surface area contributed by atoms with E-state index in [1.165, 1.54) is 5.56 Å². The zero-order valence-electron chi connectivity index (χ0n) is 14.1. The Hall–Kier alpha value is -2.36. The minimum atomic E-state index is -0.516. The van der Waals surface area contributed by atoms with Crippen LogP contribution in [0, 0.1) is 0 Å². The molecule has 0 aliphatic carbocycles. The van der Waals surface area contributed by atoms with Crippen LogP contribution in [-0.4, -0.2) is 24.6 Å². The number of carbonyl (C=O) groups is 2. The first-order valence-electron chi connectivity index (χ1n) is 8.32. The summed E-state index contributed by atoms with van der Waals surface area (Å²) in [5, 5.41) is 0. The second-order valence-electron chi connectivity index (χ2n) is 5.54. The first-order valence-corrected chi connectivity index (χ1v) is 8.32. The maximum Gasteiger partial charge on any atom is 0.330 e. The first-order chi connectivity index (χ1) is 11.7. The fraction of sp³-hybridized carbons (Fsp3) is 0.400. The number of rotatable bonds is 12. The van der Waals surface area contributed by atoms with Crippen LogP contribution in [0.5, 0.6) is 0 Å². The van der Waals surface area contributed by atoms with Crippen LogP contribution in [0.25, 0.3) is 0 Å². The molecule has 0 saturated heterocycles. The molecule has 0 N–H and O–H groups in total. The predicted molar refractivity (Wildman–Crippen MR) is 94.5 cm³/mol. The Labute approximate surface area is 144 Å². The van der Waals surface area contributed by atoms with E-state index < -0.39 is 18.0 Å². The van der Waals surface area contributed by atoms with Gasteiger partial charge in [0.2, 0.25) is 0 Å². The minimum absolute atomic E-state index is 0.0500. The Balaban J connectivity index is 2.22. The smallest absolute Gasteiger partial charge is 0.330 e. The Bertz CT molecular complexity index is 522. The zero-order valence-corrected chi connectivity index (χ0v) is 14.1. The number of benzene rings is 1. The standard InChI is InChI=1S/C20H26O4/c1-3-19(21)23-16-18(24-20(22)4-2)15-11-6-5-8-12-17-13-9-7-10-14-17/h3-4,7,9-10,13-14,18H,1-2,5-6,8,11-12,15-16H2. The van der Waals surface area contributed by atoms with Crippen LogP contribution in [0.2, 0.25) is 0 Å². The summed E-state index contributed by atoms with van der Waals surface area (Å²) in [4.78, 5) is 22.4. The zero-order chi connectivity index (χ0) is 17.6. The van der Waals surface area contributed by atoms with Crippen LogP contribution in [0.3, 0.4) is 0 Å². The number of aryl methyl sites for hydroxylation is 1. The van der Waals surface area contributed by atoms with E-state index in [0.29, 0.717) is 6.42 Å². The van der Waals surface area contributed by atoms with Crippen molar-refractivity contribution in [2.75, 3.05) is 6.61 Å². The van der Waals surface area contributed by atoms with E-state index in [-0.39, 0.29) is 6.61 Å². The molecule has 0 fully saturated rings. The number of carbonyl (C=O) groups excluding carboxylic acids is 2. The van der Waals surface area contributed by atoms with Gasteiger partial charge in [-0.15, -0.1) is 0 Å². The lowest BCUT2D eigenvalue weighted by molar-refractivity contribution is -0.153. The fourth-order valence-corrected chi connectivity index (χ4v) is 2.32. The van der Waals surface area contributed by atoms with Gasteiger partial charge in [0.1, 0.15) is 12.7 Å². The lowest BCUT2D eigenvalue weighted by Gasteiger charge is -2.16. The molecule has 0 bridgehead atoms. The molecule has 0 saturated carbocycles. The van der Waals surface area contributed by atoms with Crippen molar-refractivity contribution in [1.82, 2.24) is 0 Å². The van der Waals surface area contributed by atoms with Crippen LogP contribution in [0.4, 0.5) is 0 Å². The average molecular weight is 330 g/mol. The number of hydrogen-bond donors (Lipinski definition) is 0. The molecule has 0 aliphatic rings. The molecule has 1 aromatic carbocycles. The molecular formula is C20H26O4. The normalized spacial score (nSPS) is 11.3. The molecule has 0 aliphatic heterocycles. The first kappa shape index (κ1) is 19.7. The van der Waals surface area contributed by atoms with Gasteiger partial charge in [0.05, 0.1) is 0 Å². The summed E-state index contributed by atoms with van der Waals surface area (Å²) in [5.41, 5.74) is 1.35. The van der Waals surface area contributed by atoms with Gasteiger partial charge in [-0.3, -0.25) is 0 Å². The van der Waals surface area contributed by atoms with E-state index in [2.05, 4.69) is 37.4 Å². The molecule has 1 rings (SSSR count). The molecule has 1 aromatic rings. The summed E-state index contributed by atoms with van der Waals surface area (Å²) in [6.07, 6.45) is 7.71. The summed E-state index contributed by atoms with van der Waals surface area (Å²) >= 11 is 0. The van der Waals surface area contributed by atoms with Gasteiger partial charge < -0.3 is 9.47 Å². The van der Waals surface area contributed by atoms with E-state index in [1.807, 2.05) is 6.07 Å². The van der Waals surface area contributed by atoms with Crippen molar-refractivity contribution in [2.45, 2.75) is 44.6 Å². The molecule has 4 heteroatoms. The van der Waals surface area contributed by atoms with Crippen LogP contribution >= 0.6 is 0 Å². The minimum Gasteiger partial charge on any atom is -0.459 e. The van der Waals surface area contributed by atoms with Gasteiger partial charge in [-0.2, -0.15) is 0 Å². The number of hydrogen-bond acceptors (Lipinski definition) is 4. The SMILES string of the molecule is C=CC(=O)OCC(CCCCCCc1ccccc1)OC(=O)C=C. The quantitative estimate of drug-likeness (QED) is 0.330. The van der Waals surface area contributed by atoms with Crippen LogP contribution in [0.15, 0.2) is 55.6 Å². The highest BCUT2D eigenvalue weighted by Gasteiger charge is 2.14. The summed E-state index contributed by atoms with van der Waals surface area (Å²) in [6, 6.07) is 10.4. The average Bonchev–Trinajstić information content (AvgIpc) is 2.62. The lowest BCUT2D eigenvalue weighted by Crippen LogP contribution is -2.24. The number of esters is 2. The fourth-order valence-electron chi connectivity index (χ4n) is 2.32. The van der Waals surface area contributed by atoms with Crippen molar-refractivity contribution < 1.29 is 19.1 Å². The lowest BCUT2D eigenvalue weighted by atomic mass is 10.0. The maximum atomic E-state index is 11.3. The Kier molecular flexibility index (Phi) is 9.93. The van der Waals surface area contributed by atoms with Crippen molar-refractivity contribution in [1.29, 1.82) is 0 Å².